The van der Waals surface area contributed by atoms with Crippen molar-refractivity contribution in [2.45, 2.75) is 18.9 Å². The molecule has 1 fully saturated rings. The summed E-state index contributed by atoms with van der Waals surface area (Å²) in [6.07, 6.45) is 0.434. The van der Waals surface area contributed by atoms with E-state index in [1.807, 2.05) is 0 Å². The maximum absolute atomic E-state index is 12.0. The Morgan fingerprint density at radius 3 is 2.81 bits per heavy atom. The van der Waals surface area contributed by atoms with Gasteiger partial charge in [0.2, 0.25) is 11.7 Å². The number of imide groups is 1. The van der Waals surface area contributed by atoms with Gasteiger partial charge in [0, 0.05) is 19.5 Å². The molecule has 2 heterocycles. The number of piperidine rings is 1. The number of likely N-dealkylation sites (N-methyl/N-ethyl adjacent to an activating group) is 1. The fraction of sp³-hybridized carbons (Fsp3) is 0.364. The molecule has 21 heavy (non-hydrogen) atoms. The summed E-state index contributed by atoms with van der Waals surface area (Å²) in [4.78, 5) is 38.7. The third-order valence-electron chi connectivity index (χ3n) is 3.18. The van der Waals surface area contributed by atoms with Crippen LogP contribution in [0, 0.1) is 10.1 Å². The van der Waals surface area contributed by atoms with Crippen molar-refractivity contribution in [3.05, 3.63) is 22.2 Å². The molecule has 1 atom stereocenters. The number of rotatable bonds is 4. The Morgan fingerprint density at radius 2 is 2.19 bits per heavy atom. The maximum atomic E-state index is 12.0. The van der Waals surface area contributed by atoms with E-state index in [1.165, 1.54) is 19.2 Å². The lowest BCUT2D eigenvalue weighted by Gasteiger charge is -2.28. The highest BCUT2D eigenvalue weighted by atomic mass is 16.6. The number of hydrogen-bond donors (Lipinski definition) is 3. The first-order valence-electron chi connectivity index (χ1n) is 6.13. The highest BCUT2D eigenvalue weighted by Gasteiger charge is 2.33. The molecule has 1 aromatic heterocycles. The lowest BCUT2D eigenvalue weighted by Crippen LogP contribution is -2.48. The van der Waals surface area contributed by atoms with E-state index >= 15 is 0 Å². The van der Waals surface area contributed by atoms with Gasteiger partial charge in [0.25, 0.3) is 5.91 Å². The number of nitrogen functional groups attached to an aromatic ring is 1. The number of carbonyl (C=O) groups excluding carboxylic acids is 2. The third kappa shape index (κ3) is 2.89. The van der Waals surface area contributed by atoms with Gasteiger partial charge in [-0.05, 0) is 12.5 Å². The van der Waals surface area contributed by atoms with Crippen LogP contribution in [-0.2, 0) is 9.59 Å². The van der Waals surface area contributed by atoms with Gasteiger partial charge in [-0.2, -0.15) is 0 Å². The molecule has 2 amide bonds. The highest BCUT2D eigenvalue weighted by molar-refractivity contribution is 6.01. The Labute approximate surface area is 119 Å². The standard InChI is InChI=1S/C11H14N6O4/c1-16-9(18)5-2-6(11(16)19)13-10-7(17(20)21)3-4-8(14-10)15-12/h3-4,6H,2,5,12H2,1H3,(H2,13,14,15). The smallest absolute Gasteiger partial charge is 0.311 e. The molecule has 4 N–H and O–H groups in total. The second-order valence-electron chi connectivity index (χ2n) is 4.49. The minimum atomic E-state index is -0.744. The minimum absolute atomic E-state index is 0.0726. The summed E-state index contributed by atoms with van der Waals surface area (Å²) in [5.74, 6) is 4.63. The number of pyridine rings is 1. The summed E-state index contributed by atoms with van der Waals surface area (Å²) >= 11 is 0. The normalized spacial score (nSPS) is 18.6. The zero-order chi connectivity index (χ0) is 15.6. The Bertz CT molecular complexity index is 604. The third-order valence-corrected chi connectivity index (χ3v) is 3.18. The van der Waals surface area contributed by atoms with Gasteiger partial charge in [-0.1, -0.05) is 0 Å². The molecular weight excluding hydrogens is 280 g/mol. The molecule has 0 radical (unpaired) electrons. The zero-order valence-electron chi connectivity index (χ0n) is 11.2. The summed E-state index contributed by atoms with van der Waals surface area (Å²) in [7, 11) is 1.37. The molecule has 2 rings (SSSR count). The number of nitrogens with one attached hydrogen (secondary N) is 2. The van der Waals surface area contributed by atoms with Gasteiger partial charge >= 0.3 is 5.69 Å². The number of nitro groups is 1. The lowest BCUT2D eigenvalue weighted by atomic mass is 10.0. The molecule has 10 nitrogen and oxygen atoms in total. The molecule has 112 valence electrons. The number of nitrogens with two attached hydrogens (primary N) is 1. The number of carbonyl (C=O) groups is 2. The highest BCUT2D eigenvalue weighted by Crippen LogP contribution is 2.26. The van der Waals surface area contributed by atoms with Crippen molar-refractivity contribution in [1.82, 2.24) is 9.88 Å². The first kappa shape index (κ1) is 14.7. The molecule has 1 saturated heterocycles. The minimum Gasteiger partial charge on any atom is -0.353 e. The van der Waals surface area contributed by atoms with Crippen LogP contribution in [0.4, 0.5) is 17.3 Å². The molecule has 0 aliphatic carbocycles. The van der Waals surface area contributed by atoms with Crippen molar-refractivity contribution in [3.8, 4) is 0 Å². The van der Waals surface area contributed by atoms with E-state index in [0.29, 0.717) is 0 Å². The summed E-state index contributed by atoms with van der Waals surface area (Å²) in [6, 6.07) is 1.83. The van der Waals surface area contributed by atoms with Crippen LogP contribution in [0.3, 0.4) is 0 Å². The van der Waals surface area contributed by atoms with Crippen molar-refractivity contribution in [2.24, 2.45) is 5.84 Å². The van der Waals surface area contributed by atoms with Crippen LogP contribution < -0.4 is 16.6 Å². The molecule has 0 saturated carbocycles. The van der Waals surface area contributed by atoms with E-state index in [-0.39, 0.29) is 36.1 Å². The molecule has 0 bridgehead atoms. The van der Waals surface area contributed by atoms with Crippen molar-refractivity contribution >= 4 is 29.1 Å². The number of aromatic nitrogens is 1. The second-order valence-corrected chi connectivity index (χ2v) is 4.49. The van der Waals surface area contributed by atoms with Crippen LogP contribution in [0.1, 0.15) is 12.8 Å². The topological polar surface area (TPSA) is 143 Å². The van der Waals surface area contributed by atoms with Gasteiger partial charge < -0.3 is 10.7 Å². The van der Waals surface area contributed by atoms with Crippen molar-refractivity contribution < 1.29 is 14.5 Å². The largest absolute Gasteiger partial charge is 0.353 e. The van der Waals surface area contributed by atoms with Crippen LogP contribution in [0.15, 0.2) is 12.1 Å². The van der Waals surface area contributed by atoms with Gasteiger partial charge in [0.1, 0.15) is 11.9 Å². The van der Waals surface area contributed by atoms with E-state index in [9.17, 15) is 19.7 Å². The van der Waals surface area contributed by atoms with Crippen LogP contribution in [-0.4, -0.2) is 39.7 Å². The fourth-order valence-electron chi connectivity index (χ4n) is 2.00. The van der Waals surface area contributed by atoms with E-state index in [4.69, 9.17) is 5.84 Å². The second kappa shape index (κ2) is 5.71. The van der Waals surface area contributed by atoms with Crippen LogP contribution in [0.25, 0.3) is 0 Å². The summed E-state index contributed by atoms with van der Waals surface area (Å²) < 4.78 is 0. The Kier molecular flexibility index (Phi) is 3.98. The molecule has 1 aliphatic heterocycles. The van der Waals surface area contributed by atoms with Crippen LogP contribution >= 0.6 is 0 Å². The number of hydrazine groups is 1. The number of likely N-dealkylation sites (tertiary alicyclic amines) is 1. The Hall–Kier alpha value is -2.75. The zero-order valence-corrected chi connectivity index (χ0v) is 11.2. The van der Waals surface area contributed by atoms with E-state index in [2.05, 4.69) is 15.7 Å². The molecule has 1 unspecified atom stereocenters. The number of nitrogens with zero attached hydrogens (tertiary/aromatic N) is 3. The van der Waals surface area contributed by atoms with Gasteiger partial charge in [-0.25, -0.2) is 10.8 Å². The lowest BCUT2D eigenvalue weighted by molar-refractivity contribution is -0.384. The Balaban J connectivity index is 2.28. The Morgan fingerprint density at radius 1 is 1.48 bits per heavy atom. The van der Waals surface area contributed by atoms with Gasteiger partial charge in [-0.3, -0.25) is 24.6 Å². The molecule has 0 spiro atoms. The van der Waals surface area contributed by atoms with Gasteiger partial charge in [0.15, 0.2) is 0 Å². The van der Waals surface area contributed by atoms with Gasteiger partial charge in [0.05, 0.1) is 4.92 Å². The summed E-state index contributed by atoms with van der Waals surface area (Å²) in [6.45, 7) is 0. The summed E-state index contributed by atoms with van der Waals surface area (Å²) in [5.41, 5.74) is 2.00. The predicted molar refractivity (Wildman–Crippen MR) is 73.1 cm³/mol. The SMILES string of the molecule is CN1C(=O)CCC(Nc2nc(NN)ccc2[N+](=O)[O-])C1=O. The fourth-order valence-corrected chi connectivity index (χ4v) is 2.00. The number of anilines is 2. The van der Waals surface area contributed by atoms with Crippen LogP contribution in [0.5, 0.6) is 0 Å². The maximum Gasteiger partial charge on any atom is 0.311 e. The molecular formula is C11H14N6O4. The monoisotopic (exact) mass is 294 g/mol. The average molecular weight is 294 g/mol. The van der Waals surface area contributed by atoms with Crippen molar-refractivity contribution in [1.29, 1.82) is 0 Å². The molecule has 10 heteroatoms. The summed E-state index contributed by atoms with van der Waals surface area (Å²) in [5, 5.41) is 13.7. The predicted octanol–water partition coefficient (Wildman–Crippen LogP) is -0.165. The van der Waals surface area contributed by atoms with Crippen molar-refractivity contribution in [3.63, 3.8) is 0 Å². The van der Waals surface area contributed by atoms with Gasteiger partial charge in [-0.15, -0.1) is 0 Å². The van der Waals surface area contributed by atoms with E-state index in [0.717, 1.165) is 4.90 Å². The average Bonchev–Trinajstić information content (AvgIpc) is 2.47. The number of hydrogen-bond acceptors (Lipinski definition) is 8. The molecule has 1 aromatic rings. The molecule has 1 aliphatic rings. The van der Waals surface area contributed by atoms with Crippen LogP contribution in [0.2, 0.25) is 0 Å². The number of amides is 2. The quantitative estimate of drug-likeness (QED) is 0.300. The van der Waals surface area contributed by atoms with E-state index in [1.54, 1.807) is 0 Å². The van der Waals surface area contributed by atoms with E-state index < -0.39 is 16.9 Å². The molecule has 0 aromatic carbocycles. The first-order chi connectivity index (χ1) is 9.93. The first-order valence-corrected chi connectivity index (χ1v) is 6.13. The van der Waals surface area contributed by atoms with Crippen molar-refractivity contribution in [2.75, 3.05) is 17.8 Å².